The zero-order valence-corrected chi connectivity index (χ0v) is 18.8. The van der Waals surface area contributed by atoms with Crippen molar-refractivity contribution >= 4 is 22.6 Å². The average molecular weight is 483 g/mol. The van der Waals surface area contributed by atoms with Crippen molar-refractivity contribution in [3.63, 3.8) is 0 Å². The standard InChI is InChI=1S/C26H21F4N3O2/c1-13-9-17(14(2)32-20-6-4-3-5-16(20)26(34)35)19-11-18(23(25(29)30)33-22(19)10-13)15-7-8-21(24(27)28)31-12-15/h3-12,14,24-25,32H,1-2H3,(H,34,35)/t14-/m1/s1. The van der Waals surface area contributed by atoms with Crippen LogP contribution in [0.1, 0.15) is 58.7 Å². The molecule has 35 heavy (non-hydrogen) atoms. The Labute approximate surface area is 198 Å². The van der Waals surface area contributed by atoms with Crippen LogP contribution >= 0.6 is 0 Å². The molecule has 2 aromatic heterocycles. The molecule has 5 nitrogen and oxygen atoms in total. The monoisotopic (exact) mass is 483 g/mol. The van der Waals surface area contributed by atoms with Crippen LogP contribution in [0.5, 0.6) is 0 Å². The molecule has 1 atom stereocenters. The van der Waals surface area contributed by atoms with E-state index in [9.17, 15) is 27.5 Å². The second-order valence-corrected chi connectivity index (χ2v) is 8.13. The van der Waals surface area contributed by atoms with Crippen molar-refractivity contribution in [3.05, 3.63) is 88.9 Å². The fourth-order valence-corrected chi connectivity index (χ4v) is 4.02. The summed E-state index contributed by atoms with van der Waals surface area (Å²) in [4.78, 5) is 19.5. The summed E-state index contributed by atoms with van der Waals surface area (Å²) in [5.41, 5.74) is 1.75. The van der Waals surface area contributed by atoms with Crippen molar-refractivity contribution in [1.29, 1.82) is 0 Å². The third-order valence-corrected chi connectivity index (χ3v) is 5.66. The summed E-state index contributed by atoms with van der Waals surface area (Å²) >= 11 is 0. The highest BCUT2D eigenvalue weighted by molar-refractivity contribution is 5.94. The molecule has 0 amide bonds. The van der Waals surface area contributed by atoms with Gasteiger partial charge >= 0.3 is 5.97 Å². The summed E-state index contributed by atoms with van der Waals surface area (Å²) in [5.74, 6) is -1.08. The SMILES string of the molecule is Cc1cc([C@@H](C)Nc2ccccc2C(=O)O)c2cc(-c3ccc(C(F)F)nc3)c(C(F)F)nc2c1. The van der Waals surface area contributed by atoms with Crippen LogP contribution in [0.3, 0.4) is 0 Å². The molecule has 180 valence electrons. The molecule has 2 N–H and O–H groups in total. The summed E-state index contributed by atoms with van der Waals surface area (Å²) in [6.45, 7) is 3.64. The number of para-hydroxylation sites is 1. The Balaban J connectivity index is 1.86. The number of carbonyl (C=O) groups is 1. The fraction of sp³-hybridized carbons (Fsp3) is 0.192. The molecular formula is C26H21F4N3O2. The zero-order valence-electron chi connectivity index (χ0n) is 18.8. The van der Waals surface area contributed by atoms with Crippen molar-refractivity contribution in [2.75, 3.05) is 5.32 Å². The minimum Gasteiger partial charge on any atom is -0.478 e. The molecule has 0 fully saturated rings. The summed E-state index contributed by atoms with van der Waals surface area (Å²) < 4.78 is 53.7. The van der Waals surface area contributed by atoms with Gasteiger partial charge in [-0.1, -0.05) is 24.3 Å². The van der Waals surface area contributed by atoms with E-state index in [1.54, 1.807) is 30.3 Å². The maximum atomic E-state index is 13.9. The van der Waals surface area contributed by atoms with Crippen LogP contribution in [0.4, 0.5) is 23.2 Å². The quantitative estimate of drug-likeness (QED) is 0.269. The van der Waals surface area contributed by atoms with Crippen LogP contribution in [0, 0.1) is 6.92 Å². The van der Waals surface area contributed by atoms with Gasteiger partial charge in [0.25, 0.3) is 12.9 Å². The maximum Gasteiger partial charge on any atom is 0.337 e. The first kappa shape index (κ1) is 24.1. The number of anilines is 1. The molecule has 9 heteroatoms. The molecule has 0 aliphatic rings. The molecular weight excluding hydrogens is 462 g/mol. The second-order valence-electron chi connectivity index (χ2n) is 8.13. The highest BCUT2D eigenvalue weighted by atomic mass is 19.3. The number of nitrogens with zero attached hydrogens (tertiary/aromatic N) is 2. The predicted molar refractivity (Wildman–Crippen MR) is 125 cm³/mol. The van der Waals surface area contributed by atoms with E-state index < -0.39 is 36.2 Å². The van der Waals surface area contributed by atoms with E-state index in [1.807, 2.05) is 19.9 Å². The highest BCUT2D eigenvalue weighted by Crippen LogP contribution is 2.36. The van der Waals surface area contributed by atoms with Crippen LogP contribution in [-0.2, 0) is 0 Å². The molecule has 2 aromatic carbocycles. The second kappa shape index (κ2) is 9.69. The van der Waals surface area contributed by atoms with Crippen molar-refractivity contribution < 1.29 is 27.5 Å². The van der Waals surface area contributed by atoms with Crippen LogP contribution in [0.25, 0.3) is 22.0 Å². The summed E-state index contributed by atoms with van der Waals surface area (Å²) in [6, 6.07) is 13.6. The number of pyridine rings is 2. The Morgan fingerprint density at radius 3 is 2.37 bits per heavy atom. The number of aryl methyl sites for hydroxylation is 1. The molecule has 0 unspecified atom stereocenters. The van der Waals surface area contributed by atoms with Gasteiger partial charge in [0.2, 0.25) is 0 Å². The van der Waals surface area contributed by atoms with Crippen LogP contribution < -0.4 is 5.32 Å². The van der Waals surface area contributed by atoms with E-state index in [0.717, 1.165) is 17.8 Å². The minimum absolute atomic E-state index is 0.0871. The number of alkyl halides is 4. The molecule has 0 aliphatic carbocycles. The summed E-state index contributed by atoms with van der Waals surface area (Å²) in [5, 5.41) is 13.3. The van der Waals surface area contributed by atoms with Crippen molar-refractivity contribution in [1.82, 2.24) is 9.97 Å². The number of hydrogen-bond donors (Lipinski definition) is 2. The molecule has 2 heterocycles. The third kappa shape index (κ3) is 4.94. The number of benzene rings is 2. The van der Waals surface area contributed by atoms with Crippen molar-refractivity contribution in [3.8, 4) is 11.1 Å². The normalized spacial score (nSPS) is 12.3. The number of aromatic nitrogens is 2. The number of hydrogen-bond acceptors (Lipinski definition) is 4. The lowest BCUT2D eigenvalue weighted by Crippen LogP contribution is -2.11. The van der Waals surface area contributed by atoms with Gasteiger partial charge in [-0.05, 0) is 55.3 Å². The van der Waals surface area contributed by atoms with Crippen LogP contribution in [0.2, 0.25) is 0 Å². The molecule has 0 radical (unpaired) electrons. The topological polar surface area (TPSA) is 75.1 Å². The zero-order chi connectivity index (χ0) is 25.3. The van der Waals surface area contributed by atoms with Crippen LogP contribution in [0.15, 0.2) is 60.8 Å². The first-order valence-electron chi connectivity index (χ1n) is 10.7. The molecule has 0 saturated carbocycles. The fourth-order valence-electron chi connectivity index (χ4n) is 4.02. The van der Waals surface area contributed by atoms with Crippen molar-refractivity contribution in [2.24, 2.45) is 0 Å². The Hall–Kier alpha value is -4.01. The van der Waals surface area contributed by atoms with Crippen molar-refractivity contribution in [2.45, 2.75) is 32.7 Å². The summed E-state index contributed by atoms with van der Waals surface area (Å²) in [7, 11) is 0. The number of nitrogens with one attached hydrogen (secondary N) is 1. The Bertz CT molecular complexity index is 1390. The Kier molecular flexibility index (Phi) is 6.68. The van der Waals surface area contributed by atoms with Crippen LogP contribution in [-0.4, -0.2) is 21.0 Å². The van der Waals surface area contributed by atoms with Gasteiger partial charge in [0, 0.05) is 34.4 Å². The number of fused-ring (bicyclic) bond motifs is 1. The van der Waals surface area contributed by atoms with E-state index in [4.69, 9.17) is 0 Å². The number of aromatic carboxylic acids is 1. The molecule has 4 aromatic rings. The Morgan fingerprint density at radius 1 is 1.00 bits per heavy atom. The third-order valence-electron chi connectivity index (χ3n) is 5.66. The Morgan fingerprint density at radius 2 is 1.74 bits per heavy atom. The number of carboxylic acid groups (broad SMARTS) is 1. The molecule has 0 saturated heterocycles. The number of halogens is 4. The molecule has 0 aliphatic heterocycles. The van der Waals surface area contributed by atoms with Gasteiger partial charge in [-0.25, -0.2) is 27.3 Å². The first-order valence-corrected chi connectivity index (χ1v) is 10.7. The van der Waals surface area contributed by atoms with Gasteiger partial charge in [-0.2, -0.15) is 0 Å². The molecule has 0 bridgehead atoms. The van der Waals surface area contributed by atoms with Gasteiger partial charge < -0.3 is 10.4 Å². The smallest absolute Gasteiger partial charge is 0.337 e. The number of carboxylic acids is 1. The van der Waals surface area contributed by atoms with E-state index in [0.29, 0.717) is 22.2 Å². The lowest BCUT2D eigenvalue weighted by atomic mass is 9.95. The predicted octanol–water partition coefficient (Wildman–Crippen LogP) is 7.35. The lowest BCUT2D eigenvalue weighted by molar-refractivity contribution is 0.0697. The van der Waals surface area contributed by atoms with Gasteiger partial charge in [-0.15, -0.1) is 0 Å². The number of rotatable bonds is 7. The largest absolute Gasteiger partial charge is 0.478 e. The summed E-state index contributed by atoms with van der Waals surface area (Å²) in [6.07, 6.45) is -4.54. The minimum atomic E-state index is -2.90. The van der Waals surface area contributed by atoms with Gasteiger partial charge in [-0.3, -0.25) is 4.98 Å². The van der Waals surface area contributed by atoms with Gasteiger partial charge in [0.1, 0.15) is 11.4 Å². The van der Waals surface area contributed by atoms with Gasteiger partial charge in [0.15, 0.2) is 0 Å². The molecule has 4 rings (SSSR count). The van der Waals surface area contributed by atoms with E-state index >= 15 is 0 Å². The lowest BCUT2D eigenvalue weighted by Gasteiger charge is -2.21. The first-order chi connectivity index (χ1) is 16.7. The maximum absolute atomic E-state index is 13.9. The molecule has 0 spiro atoms. The average Bonchev–Trinajstić information content (AvgIpc) is 2.82. The van der Waals surface area contributed by atoms with Gasteiger partial charge in [0.05, 0.1) is 11.1 Å². The van der Waals surface area contributed by atoms with E-state index in [1.165, 1.54) is 12.1 Å². The van der Waals surface area contributed by atoms with E-state index in [2.05, 4.69) is 15.3 Å². The van der Waals surface area contributed by atoms with E-state index in [-0.39, 0.29) is 16.7 Å². The highest BCUT2D eigenvalue weighted by Gasteiger charge is 2.22.